The van der Waals surface area contributed by atoms with Gasteiger partial charge in [0.05, 0.1) is 5.41 Å². The number of hydrogen-bond donors (Lipinski definition) is 1. The van der Waals surface area contributed by atoms with E-state index in [-0.39, 0.29) is 17.4 Å². The molecule has 1 N–H and O–H groups in total. The first kappa shape index (κ1) is 23.3. The van der Waals surface area contributed by atoms with Gasteiger partial charge in [0.15, 0.2) is 23.3 Å². The Kier molecular flexibility index (Phi) is 5.96. The van der Waals surface area contributed by atoms with Crippen molar-refractivity contribution in [3.63, 3.8) is 0 Å². The Hall–Kier alpha value is -1.85. The van der Waals surface area contributed by atoms with E-state index in [1.54, 1.807) is 5.57 Å². The lowest BCUT2D eigenvalue weighted by Gasteiger charge is -2.56. The third-order valence-electron chi connectivity index (χ3n) is 8.87. The second kappa shape index (κ2) is 8.18. The molecular weight excluding hydrogens is 418 g/mol. The number of amides is 1. The molecule has 1 saturated carbocycles. The van der Waals surface area contributed by atoms with Gasteiger partial charge in [-0.05, 0) is 68.1 Å². The van der Waals surface area contributed by atoms with E-state index in [0.717, 1.165) is 44.9 Å². The van der Waals surface area contributed by atoms with Crippen LogP contribution in [0.4, 0.5) is 23.2 Å². The first-order valence-electron chi connectivity index (χ1n) is 11.8. The Bertz CT molecular complexity index is 945. The number of nitrogens with one attached hydrogen (secondary N) is 1. The predicted molar refractivity (Wildman–Crippen MR) is 117 cm³/mol. The maximum atomic E-state index is 14.2. The van der Waals surface area contributed by atoms with E-state index in [1.165, 1.54) is 5.57 Å². The third-order valence-corrected chi connectivity index (χ3v) is 8.87. The van der Waals surface area contributed by atoms with Crippen LogP contribution in [0.25, 0.3) is 0 Å². The van der Waals surface area contributed by atoms with Crippen molar-refractivity contribution in [1.82, 2.24) is 0 Å². The lowest BCUT2D eigenvalue weighted by molar-refractivity contribution is -0.135. The maximum absolute atomic E-state index is 14.2. The fourth-order valence-electron chi connectivity index (χ4n) is 6.96. The summed E-state index contributed by atoms with van der Waals surface area (Å²) in [6.07, 6.45) is 7.49. The summed E-state index contributed by atoms with van der Waals surface area (Å²) < 4.78 is 55.8. The van der Waals surface area contributed by atoms with Gasteiger partial charge in [-0.2, -0.15) is 0 Å². The summed E-state index contributed by atoms with van der Waals surface area (Å²) in [5, 5.41) is 2.23. The van der Waals surface area contributed by atoms with Crippen molar-refractivity contribution in [2.75, 3.05) is 5.32 Å². The number of carbonyl (C=O) groups excluding carboxylic acids is 1. The van der Waals surface area contributed by atoms with Crippen LogP contribution in [0.5, 0.6) is 0 Å². The van der Waals surface area contributed by atoms with Crippen LogP contribution in [-0.4, -0.2) is 5.91 Å². The Morgan fingerprint density at radius 1 is 1.03 bits per heavy atom. The van der Waals surface area contributed by atoms with Crippen molar-refractivity contribution in [2.24, 2.45) is 28.6 Å². The average molecular weight is 452 g/mol. The van der Waals surface area contributed by atoms with Crippen molar-refractivity contribution in [3.05, 3.63) is 40.5 Å². The van der Waals surface area contributed by atoms with Crippen LogP contribution >= 0.6 is 0 Å². The number of carbonyl (C=O) groups is 1. The quantitative estimate of drug-likeness (QED) is 0.287. The summed E-state index contributed by atoms with van der Waals surface area (Å²) in [4.78, 5) is 13.4. The highest BCUT2D eigenvalue weighted by Crippen LogP contribution is 2.62. The first-order chi connectivity index (χ1) is 15.0. The van der Waals surface area contributed by atoms with Crippen LogP contribution in [0.1, 0.15) is 79.1 Å². The number of benzene rings is 1. The third kappa shape index (κ3) is 3.58. The summed E-state index contributed by atoms with van der Waals surface area (Å²) >= 11 is 0. The molecule has 32 heavy (non-hydrogen) atoms. The summed E-state index contributed by atoms with van der Waals surface area (Å²) in [5.41, 5.74) is 0.988. The van der Waals surface area contributed by atoms with E-state index in [1.807, 2.05) is 6.92 Å². The number of fused-ring (bicyclic) bond motifs is 2. The lowest BCUT2D eigenvalue weighted by Crippen LogP contribution is -2.52. The molecule has 3 unspecified atom stereocenters. The molecular formula is C26H33F4NO. The van der Waals surface area contributed by atoms with Gasteiger partial charge in [0, 0.05) is 6.07 Å². The molecule has 3 aliphatic rings. The second-order valence-electron chi connectivity index (χ2n) is 10.9. The minimum Gasteiger partial charge on any atom is -0.321 e. The fourth-order valence-corrected chi connectivity index (χ4v) is 6.96. The molecule has 0 spiro atoms. The molecule has 4 rings (SSSR count). The van der Waals surface area contributed by atoms with Gasteiger partial charge in [0.1, 0.15) is 5.69 Å². The molecule has 4 atom stereocenters. The maximum Gasteiger partial charge on any atom is 0.230 e. The molecule has 1 aromatic carbocycles. The monoisotopic (exact) mass is 451 g/mol. The molecule has 6 heteroatoms. The van der Waals surface area contributed by atoms with Crippen molar-refractivity contribution in [1.29, 1.82) is 0 Å². The van der Waals surface area contributed by atoms with Crippen LogP contribution in [0.3, 0.4) is 0 Å². The largest absolute Gasteiger partial charge is 0.321 e. The number of rotatable bonds is 3. The van der Waals surface area contributed by atoms with Crippen molar-refractivity contribution < 1.29 is 22.4 Å². The van der Waals surface area contributed by atoms with Gasteiger partial charge in [0.2, 0.25) is 5.91 Å². The number of hydrogen-bond acceptors (Lipinski definition) is 1. The first-order valence-corrected chi connectivity index (χ1v) is 11.8. The molecule has 0 aliphatic heterocycles. The Morgan fingerprint density at radius 2 is 1.69 bits per heavy atom. The van der Waals surface area contributed by atoms with Crippen LogP contribution < -0.4 is 5.32 Å². The van der Waals surface area contributed by atoms with E-state index in [0.29, 0.717) is 18.3 Å². The van der Waals surface area contributed by atoms with Gasteiger partial charge in [-0.15, -0.1) is 0 Å². The normalized spacial score (nSPS) is 32.5. The zero-order chi connectivity index (χ0) is 23.4. The number of allylic oxidation sites excluding steroid dienone is 2. The van der Waals surface area contributed by atoms with Crippen LogP contribution in [0, 0.1) is 51.9 Å². The zero-order valence-corrected chi connectivity index (χ0v) is 19.4. The van der Waals surface area contributed by atoms with Crippen LogP contribution in [0.15, 0.2) is 17.2 Å². The highest BCUT2D eigenvalue weighted by atomic mass is 19.2. The highest BCUT2D eigenvalue weighted by Gasteiger charge is 2.56. The molecule has 176 valence electrons. The van der Waals surface area contributed by atoms with Crippen molar-refractivity contribution in [3.8, 4) is 0 Å². The molecule has 1 fully saturated rings. The van der Waals surface area contributed by atoms with Crippen molar-refractivity contribution in [2.45, 2.75) is 79.1 Å². The molecule has 0 aromatic heterocycles. The predicted octanol–water partition coefficient (Wildman–Crippen LogP) is 7.54. The van der Waals surface area contributed by atoms with Gasteiger partial charge in [-0.3, -0.25) is 4.79 Å². The smallest absolute Gasteiger partial charge is 0.230 e. The molecule has 1 amide bonds. The van der Waals surface area contributed by atoms with Crippen molar-refractivity contribution >= 4 is 11.6 Å². The average Bonchev–Trinajstić information content (AvgIpc) is 2.74. The minimum atomic E-state index is -1.57. The zero-order valence-electron chi connectivity index (χ0n) is 19.4. The van der Waals surface area contributed by atoms with Gasteiger partial charge >= 0.3 is 0 Å². The Balaban J connectivity index is 1.65. The summed E-state index contributed by atoms with van der Waals surface area (Å²) in [7, 11) is 0. The molecule has 0 saturated heterocycles. The molecule has 0 radical (unpaired) electrons. The standard InChI is InChI=1S/C26H33F4NO/c1-14(2)15-6-8-17-16(12-15)7-9-20-25(17,3)10-5-11-26(20,4)24(32)31-23-21(29)18(27)13-19(28)22(23)30/h13-15,20H,5-12H2,1-4H3,(H,31,32)/t15?,20?,25?,26-/m1/s1. The van der Waals surface area contributed by atoms with Gasteiger partial charge in [-0.1, -0.05) is 45.3 Å². The van der Waals surface area contributed by atoms with Crippen LogP contribution in [0.2, 0.25) is 0 Å². The summed E-state index contributed by atoms with van der Waals surface area (Å²) in [5.74, 6) is -5.38. The Morgan fingerprint density at radius 3 is 2.31 bits per heavy atom. The lowest BCUT2D eigenvalue weighted by atomic mass is 9.48. The fraction of sp³-hybridized carbons (Fsp3) is 0.654. The van der Waals surface area contributed by atoms with E-state index in [9.17, 15) is 22.4 Å². The van der Waals surface area contributed by atoms with Crippen LogP contribution in [-0.2, 0) is 4.79 Å². The number of anilines is 1. The topological polar surface area (TPSA) is 29.1 Å². The van der Waals surface area contributed by atoms with E-state index >= 15 is 0 Å². The molecule has 1 aromatic rings. The van der Waals surface area contributed by atoms with Gasteiger partial charge in [-0.25, -0.2) is 17.6 Å². The van der Waals surface area contributed by atoms with E-state index in [4.69, 9.17) is 0 Å². The summed E-state index contributed by atoms with van der Waals surface area (Å²) in [6, 6.07) is 0.155. The molecule has 3 aliphatic carbocycles. The Labute approximate surface area is 187 Å². The van der Waals surface area contributed by atoms with E-state index in [2.05, 4.69) is 26.1 Å². The van der Waals surface area contributed by atoms with Gasteiger partial charge in [0.25, 0.3) is 0 Å². The molecule has 0 heterocycles. The molecule has 0 bridgehead atoms. The SMILES string of the molecule is CC(C)C1CCC2=C(CCC3C2(C)CCC[C@@]3(C)C(=O)Nc2c(F)c(F)cc(F)c2F)C1. The molecule has 2 nitrogen and oxygen atoms in total. The van der Waals surface area contributed by atoms with Gasteiger partial charge < -0.3 is 5.32 Å². The number of halogens is 4. The second-order valence-corrected chi connectivity index (χ2v) is 10.9. The summed E-state index contributed by atoms with van der Waals surface area (Å²) in [6.45, 7) is 8.65. The highest BCUT2D eigenvalue weighted by molar-refractivity contribution is 5.95. The van der Waals surface area contributed by atoms with E-state index < -0.39 is 40.3 Å². The minimum absolute atomic E-state index is 0.0163.